The van der Waals surface area contributed by atoms with E-state index in [4.69, 9.17) is 0 Å². The highest BCUT2D eigenvalue weighted by Crippen LogP contribution is 2.26. The van der Waals surface area contributed by atoms with Crippen LogP contribution < -0.4 is 0 Å². The first-order chi connectivity index (χ1) is 10.4. The molecule has 0 bridgehead atoms. The van der Waals surface area contributed by atoms with Gasteiger partial charge in [-0.15, -0.1) is 0 Å². The lowest BCUT2D eigenvalue weighted by atomic mass is 10.2. The maximum atomic E-state index is 12.6. The first-order valence-corrected chi connectivity index (χ1v) is 8.42. The Bertz CT molecular complexity index is 489. The third-order valence-corrected chi connectivity index (χ3v) is 5.02. The summed E-state index contributed by atoms with van der Waals surface area (Å²) in [6.45, 7) is 10.2. The first-order valence-electron chi connectivity index (χ1n) is 8.42. The second kappa shape index (κ2) is 7.27. The highest BCUT2D eigenvalue weighted by atomic mass is 16.2. The lowest BCUT2D eigenvalue weighted by molar-refractivity contribution is -0.136. The van der Waals surface area contributed by atoms with Crippen molar-refractivity contribution in [2.75, 3.05) is 13.6 Å². The van der Waals surface area contributed by atoms with Gasteiger partial charge in [0.15, 0.2) is 0 Å². The summed E-state index contributed by atoms with van der Waals surface area (Å²) in [6.07, 6.45) is 7.16. The number of hydrogen-bond donors (Lipinski definition) is 0. The van der Waals surface area contributed by atoms with Crippen LogP contribution in [0.5, 0.6) is 0 Å². The zero-order valence-corrected chi connectivity index (χ0v) is 14.6. The molecule has 0 spiro atoms. The van der Waals surface area contributed by atoms with Crippen molar-refractivity contribution < 1.29 is 4.79 Å². The summed E-state index contributed by atoms with van der Waals surface area (Å²) >= 11 is 0. The van der Waals surface area contributed by atoms with Crippen molar-refractivity contribution in [1.29, 1.82) is 0 Å². The molecule has 0 radical (unpaired) electrons. The van der Waals surface area contributed by atoms with Crippen molar-refractivity contribution in [3.05, 3.63) is 18.2 Å². The van der Waals surface area contributed by atoms with Gasteiger partial charge in [-0.3, -0.25) is 9.69 Å². The van der Waals surface area contributed by atoms with E-state index in [9.17, 15) is 4.79 Å². The monoisotopic (exact) mass is 306 g/mol. The van der Waals surface area contributed by atoms with Crippen LogP contribution in [0.2, 0.25) is 0 Å². The Morgan fingerprint density at radius 2 is 2.05 bits per heavy atom. The van der Waals surface area contributed by atoms with Gasteiger partial charge >= 0.3 is 0 Å². The van der Waals surface area contributed by atoms with Crippen molar-refractivity contribution in [3.8, 4) is 0 Å². The molecule has 1 aliphatic heterocycles. The van der Waals surface area contributed by atoms with E-state index in [0.29, 0.717) is 12.1 Å². The molecule has 1 fully saturated rings. The van der Waals surface area contributed by atoms with E-state index >= 15 is 0 Å². The fraction of sp³-hybridized carbons (Fsp3) is 0.765. The highest BCUT2D eigenvalue weighted by Gasteiger charge is 2.35. The molecule has 0 saturated carbocycles. The average molecular weight is 306 g/mol. The smallest absolute Gasteiger partial charge is 0.239 e. The molecule has 124 valence electrons. The molecule has 2 heterocycles. The van der Waals surface area contributed by atoms with Gasteiger partial charge in [-0.1, -0.05) is 0 Å². The third kappa shape index (κ3) is 3.69. The van der Waals surface area contributed by atoms with E-state index in [2.05, 4.69) is 35.2 Å². The first kappa shape index (κ1) is 17.0. The Morgan fingerprint density at radius 3 is 2.59 bits per heavy atom. The van der Waals surface area contributed by atoms with Crippen molar-refractivity contribution in [2.45, 2.75) is 71.6 Å². The molecule has 5 nitrogen and oxygen atoms in total. The van der Waals surface area contributed by atoms with Crippen molar-refractivity contribution in [1.82, 2.24) is 19.4 Å². The minimum absolute atomic E-state index is 0.0209. The predicted octanol–water partition coefficient (Wildman–Crippen LogP) is 2.30. The normalized spacial score (nSPS) is 23.7. The quantitative estimate of drug-likeness (QED) is 0.810. The lowest BCUT2D eigenvalue weighted by Gasteiger charge is -2.34. The molecule has 0 N–H and O–H groups in total. The molecule has 1 aliphatic rings. The van der Waals surface area contributed by atoms with Crippen molar-refractivity contribution >= 4 is 5.91 Å². The third-order valence-electron chi connectivity index (χ3n) is 5.02. The van der Waals surface area contributed by atoms with Gasteiger partial charge in [-0.25, -0.2) is 4.98 Å². The Kier molecular flexibility index (Phi) is 5.62. The molecule has 2 rings (SSSR count). The zero-order valence-electron chi connectivity index (χ0n) is 14.6. The van der Waals surface area contributed by atoms with Crippen molar-refractivity contribution in [3.63, 3.8) is 0 Å². The topological polar surface area (TPSA) is 41.4 Å². The average Bonchev–Trinajstić information content (AvgIpc) is 3.03. The number of aryl methyl sites for hydroxylation is 2. The van der Waals surface area contributed by atoms with Crippen LogP contribution in [0.3, 0.4) is 0 Å². The van der Waals surface area contributed by atoms with Gasteiger partial charge in [0.05, 0.1) is 6.04 Å². The van der Waals surface area contributed by atoms with Crippen LogP contribution in [0.4, 0.5) is 0 Å². The lowest BCUT2D eigenvalue weighted by Crippen LogP contribution is -2.49. The van der Waals surface area contributed by atoms with Gasteiger partial charge in [-0.05, 0) is 47.0 Å². The number of imidazole rings is 1. The molecule has 3 atom stereocenters. The standard InChI is InChI=1S/C17H30N4O/c1-13-7-8-14(2)21(13)15(3)17(22)19(5)10-6-11-20-12-9-18-16(20)4/h9,12-15H,6-8,10-11H2,1-5H3/t13-,14-,15-/m0/s1. The Balaban J connectivity index is 1.82. The minimum Gasteiger partial charge on any atom is -0.344 e. The predicted molar refractivity (Wildman–Crippen MR) is 88.7 cm³/mol. The van der Waals surface area contributed by atoms with Gasteiger partial charge < -0.3 is 9.47 Å². The van der Waals surface area contributed by atoms with Gasteiger partial charge in [0.2, 0.25) is 5.91 Å². The SMILES string of the molecule is Cc1nccn1CCCN(C)C(=O)[C@H](C)N1[C@@H](C)CC[C@@H]1C. The van der Waals surface area contributed by atoms with E-state index in [1.54, 1.807) is 0 Å². The molecular weight excluding hydrogens is 276 g/mol. The van der Waals surface area contributed by atoms with Crippen LogP contribution in [0.25, 0.3) is 0 Å². The fourth-order valence-electron chi connectivity index (χ4n) is 3.65. The number of nitrogens with zero attached hydrogens (tertiary/aromatic N) is 4. The Labute approximate surface area is 134 Å². The van der Waals surface area contributed by atoms with E-state index in [1.165, 1.54) is 12.8 Å². The minimum atomic E-state index is -0.0209. The van der Waals surface area contributed by atoms with Gasteiger partial charge in [-0.2, -0.15) is 0 Å². The molecule has 0 unspecified atom stereocenters. The molecule has 22 heavy (non-hydrogen) atoms. The summed E-state index contributed by atoms with van der Waals surface area (Å²) in [7, 11) is 1.92. The van der Waals surface area contributed by atoms with Crippen LogP contribution in [0, 0.1) is 6.92 Å². The summed E-state index contributed by atoms with van der Waals surface area (Å²) < 4.78 is 2.13. The number of carbonyl (C=O) groups is 1. The van der Waals surface area contributed by atoms with Crippen LogP contribution in [0.15, 0.2) is 12.4 Å². The highest BCUT2D eigenvalue weighted by molar-refractivity contribution is 5.81. The number of likely N-dealkylation sites (tertiary alicyclic amines) is 1. The second-order valence-electron chi connectivity index (χ2n) is 6.68. The van der Waals surface area contributed by atoms with Gasteiger partial charge in [0.25, 0.3) is 0 Å². The summed E-state index contributed by atoms with van der Waals surface area (Å²) in [5.74, 6) is 1.27. The molecular formula is C17H30N4O. The molecule has 5 heteroatoms. The molecule has 1 saturated heterocycles. The number of rotatable bonds is 6. The largest absolute Gasteiger partial charge is 0.344 e. The Morgan fingerprint density at radius 1 is 1.41 bits per heavy atom. The number of aromatic nitrogens is 2. The molecule has 1 amide bonds. The van der Waals surface area contributed by atoms with Gasteiger partial charge in [0.1, 0.15) is 5.82 Å². The van der Waals surface area contributed by atoms with Crippen LogP contribution >= 0.6 is 0 Å². The molecule has 1 aromatic heterocycles. The fourth-order valence-corrected chi connectivity index (χ4v) is 3.65. The number of hydrogen-bond acceptors (Lipinski definition) is 3. The summed E-state index contributed by atoms with van der Waals surface area (Å²) in [4.78, 5) is 21.1. The van der Waals surface area contributed by atoms with E-state index in [0.717, 1.165) is 25.3 Å². The molecule has 1 aromatic rings. The molecule has 0 aliphatic carbocycles. The Hall–Kier alpha value is -1.36. The number of likely N-dealkylation sites (N-methyl/N-ethyl adjacent to an activating group) is 1. The van der Waals surface area contributed by atoms with Crippen LogP contribution in [0.1, 0.15) is 45.9 Å². The van der Waals surface area contributed by atoms with Crippen LogP contribution in [-0.2, 0) is 11.3 Å². The van der Waals surface area contributed by atoms with E-state index < -0.39 is 0 Å². The summed E-state index contributed by atoms with van der Waals surface area (Å²) in [6, 6.07) is 0.999. The maximum absolute atomic E-state index is 12.6. The van der Waals surface area contributed by atoms with E-state index in [1.807, 2.05) is 31.3 Å². The van der Waals surface area contributed by atoms with Crippen LogP contribution in [-0.4, -0.2) is 57.0 Å². The number of amides is 1. The second-order valence-corrected chi connectivity index (χ2v) is 6.68. The zero-order chi connectivity index (χ0) is 16.3. The number of carbonyl (C=O) groups excluding carboxylic acids is 1. The molecule has 0 aromatic carbocycles. The van der Waals surface area contributed by atoms with E-state index in [-0.39, 0.29) is 11.9 Å². The maximum Gasteiger partial charge on any atom is 0.239 e. The van der Waals surface area contributed by atoms with Gasteiger partial charge in [0, 0.05) is 44.6 Å². The summed E-state index contributed by atoms with van der Waals surface area (Å²) in [5, 5.41) is 0. The van der Waals surface area contributed by atoms with Crippen molar-refractivity contribution in [2.24, 2.45) is 0 Å². The summed E-state index contributed by atoms with van der Waals surface area (Å²) in [5.41, 5.74) is 0.